The molecule has 0 saturated carbocycles. The fourth-order valence-electron chi connectivity index (χ4n) is 3.71. The van der Waals surface area contributed by atoms with Crippen LogP contribution in [0.4, 0.5) is 5.69 Å². The van der Waals surface area contributed by atoms with Crippen LogP contribution in [-0.4, -0.2) is 31.3 Å². The van der Waals surface area contributed by atoms with Crippen LogP contribution in [0.5, 0.6) is 5.75 Å². The fraction of sp³-hybridized carbons (Fsp3) is 0.292. The van der Waals surface area contributed by atoms with Gasteiger partial charge >= 0.3 is 0 Å². The lowest BCUT2D eigenvalue weighted by Crippen LogP contribution is -2.33. The van der Waals surface area contributed by atoms with E-state index in [0.717, 1.165) is 17.7 Å². The van der Waals surface area contributed by atoms with Crippen LogP contribution in [0.2, 0.25) is 0 Å². The van der Waals surface area contributed by atoms with Gasteiger partial charge in [0, 0.05) is 41.6 Å². The van der Waals surface area contributed by atoms with Crippen LogP contribution in [0.25, 0.3) is 0 Å². The fourth-order valence-corrected chi connectivity index (χ4v) is 3.71. The Kier molecular flexibility index (Phi) is 7.07. The van der Waals surface area contributed by atoms with Gasteiger partial charge in [0.25, 0.3) is 5.91 Å². The maximum atomic E-state index is 13.3. The van der Waals surface area contributed by atoms with Crippen LogP contribution in [-0.2, 0) is 16.1 Å². The van der Waals surface area contributed by atoms with Crippen LogP contribution in [0.1, 0.15) is 37.3 Å². The average molecular weight is 421 g/mol. The van der Waals surface area contributed by atoms with Gasteiger partial charge in [0.2, 0.25) is 5.91 Å². The summed E-state index contributed by atoms with van der Waals surface area (Å²) in [6, 6.07) is 14.5. The highest BCUT2D eigenvalue weighted by atomic mass is 16.5. The van der Waals surface area contributed by atoms with Gasteiger partial charge in [0.05, 0.1) is 7.11 Å². The van der Waals surface area contributed by atoms with E-state index in [1.807, 2.05) is 43.3 Å². The molecule has 7 heteroatoms. The van der Waals surface area contributed by atoms with E-state index in [-0.39, 0.29) is 17.6 Å². The highest BCUT2D eigenvalue weighted by Crippen LogP contribution is 2.30. The quantitative estimate of drug-likeness (QED) is 0.450. The molecule has 0 heterocycles. The van der Waals surface area contributed by atoms with Crippen molar-refractivity contribution in [1.82, 2.24) is 5.32 Å². The molecule has 2 aromatic rings. The highest BCUT2D eigenvalue weighted by Gasteiger charge is 2.29. The van der Waals surface area contributed by atoms with E-state index in [1.165, 1.54) is 0 Å². The van der Waals surface area contributed by atoms with E-state index >= 15 is 0 Å². The Hall–Kier alpha value is -3.61. The zero-order valence-corrected chi connectivity index (χ0v) is 17.9. The van der Waals surface area contributed by atoms with Crippen molar-refractivity contribution in [3.05, 3.63) is 70.8 Å². The number of carbonyl (C=O) groups is 2. The molecule has 3 rings (SSSR count). The molecule has 162 valence electrons. The number of ether oxygens (including phenoxy) is 1. The monoisotopic (exact) mass is 420 g/mol. The lowest BCUT2D eigenvalue weighted by molar-refractivity contribution is -0.119. The summed E-state index contributed by atoms with van der Waals surface area (Å²) in [4.78, 5) is 27.8. The number of likely N-dealkylation sites (N-methyl/N-ethyl adjacent to an activating group) is 1. The Balaban J connectivity index is 1.74. The van der Waals surface area contributed by atoms with Gasteiger partial charge in [-0.1, -0.05) is 30.3 Å². The minimum Gasteiger partial charge on any atom is -0.497 e. The lowest BCUT2D eigenvalue weighted by Gasteiger charge is -2.23. The Morgan fingerprint density at radius 3 is 2.48 bits per heavy atom. The van der Waals surface area contributed by atoms with Gasteiger partial charge in [-0.05, 0) is 43.9 Å². The number of rotatable bonds is 8. The van der Waals surface area contributed by atoms with Gasteiger partial charge in [-0.15, -0.1) is 0 Å². The number of amidine groups is 1. The van der Waals surface area contributed by atoms with Crippen LogP contribution >= 0.6 is 0 Å². The second-order valence-electron chi connectivity index (χ2n) is 7.35. The Labute approximate surface area is 182 Å². The molecule has 0 unspecified atom stereocenters. The van der Waals surface area contributed by atoms with Gasteiger partial charge in [0.1, 0.15) is 11.6 Å². The molecule has 0 bridgehead atoms. The smallest absolute Gasteiger partial charge is 0.254 e. The van der Waals surface area contributed by atoms with Crippen molar-refractivity contribution in [1.29, 1.82) is 5.41 Å². The van der Waals surface area contributed by atoms with Crippen LogP contribution in [0.3, 0.4) is 0 Å². The number of hydrogen-bond donors (Lipinski definition) is 3. The van der Waals surface area contributed by atoms with Crippen molar-refractivity contribution in [3.63, 3.8) is 0 Å². The Morgan fingerprint density at radius 1 is 1.13 bits per heavy atom. The van der Waals surface area contributed by atoms with E-state index in [9.17, 15) is 9.59 Å². The number of carbonyl (C=O) groups excluding carboxylic acids is 2. The molecule has 0 aliphatic heterocycles. The molecule has 0 radical (unpaired) electrons. The van der Waals surface area contributed by atoms with Gasteiger partial charge in [-0.3, -0.25) is 15.0 Å². The molecule has 4 N–H and O–H groups in total. The average Bonchev–Trinajstić information content (AvgIpc) is 3.28. The number of nitrogens with one attached hydrogen (secondary N) is 2. The first-order valence-corrected chi connectivity index (χ1v) is 10.3. The van der Waals surface area contributed by atoms with Crippen molar-refractivity contribution in [2.75, 3.05) is 18.6 Å². The maximum Gasteiger partial charge on any atom is 0.254 e. The predicted octanol–water partition coefficient (Wildman–Crippen LogP) is 3.13. The number of nitrogen functional groups attached to an aromatic ring is 1. The minimum atomic E-state index is -0.210. The van der Waals surface area contributed by atoms with Crippen molar-refractivity contribution < 1.29 is 14.3 Å². The first kappa shape index (κ1) is 22.1. The summed E-state index contributed by atoms with van der Waals surface area (Å²) in [5.74, 6) is 0.340. The molecule has 0 atom stereocenters. The predicted molar refractivity (Wildman–Crippen MR) is 121 cm³/mol. The van der Waals surface area contributed by atoms with E-state index in [2.05, 4.69) is 5.32 Å². The van der Waals surface area contributed by atoms with E-state index < -0.39 is 0 Å². The first-order chi connectivity index (χ1) is 14.9. The summed E-state index contributed by atoms with van der Waals surface area (Å²) in [6.45, 7) is 2.75. The number of nitrogens with two attached hydrogens (primary N) is 1. The molecule has 0 saturated heterocycles. The molecule has 31 heavy (non-hydrogen) atoms. The zero-order valence-electron chi connectivity index (χ0n) is 17.9. The second-order valence-corrected chi connectivity index (χ2v) is 7.35. The summed E-state index contributed by atoms with van der Waals surface area (Å²) >= 11 is 0. The number of nitrogens with zero attached hydrogens (tertiary/aromatic N) is 1. The van der Waals surface area contributed by atoms with E-state index in [1.54, 1.807) is 24.1 Å². The molecule has 1 aliphatic carbocycles. The number of anilines is 1. The van der Waals surface area contributed by atoms with E-state index in [0.29, 0.717) is 48.4 Å². The molecule has 7 nitrogen and oxygen atoms in total. The Bertz CT molecular complexity index is 1010. The van der Waals surface area contributed by atoms with Crippen LogP contribution < -0.4 is 20.7 Å². The van der Waals surface area contributed by atoms with Crippen molar-refractivity contribution in [2.24, 2.45) is 5.73 Å². The van der Waals surface area contributed by atoms with Crippen molar-refractivity contribution in [2.45, 2.75) is 32.7 Å². The molecular formula is C24H28N4O3. The summed E-state index contributed by atoms with van der Waals surface area (Å²) in [7, 11) is 1.59. The molecule has 0 fully saturated rings. The summed E-state index contributed by atoms with van der Waals surface area (Å²) < 4.78 is 5.28. The highest BCUT2D eigenvalue weighted by molar-refractivity contribution is 6.11. The molecule has 0 aromatic heterocycles. The summed E-state index contributed by atoms with van der Waals surface area (Å²) in [5, 5.41) is 10.4. The number of amides is 2. The van der Waals surface area contributed by atoms with Gasteiger partial charge < -0.3 is 20.7 Å². The largest absolute Gasteiger partial charge is 0.497 e. The lowest BCUT2D eigenvalue weighted by atomic mass is 10.1. The third-order valence-corrected chi connectivity index (χ3v) is 5.39. The van der Waals surface area contributed by atoms with Crippen LogP contribution in [0, 0.1) is 5.41 Å². The molecular weight excluding hydrogens is 392 g/mol. The van der Waals surface area contributed by atoms with Gasteiger partial charge in [0.15, 0.2) is 0 Å². The van der Waals surface area contributed by atoms with Crippen LogP contribution in [0.15, 0.2) is 59.7 Å². The molecule has 2 aromatic carbocycles. The molecule has 2 amide bonds. The first-order valence-electron chi connectivity index (χ1n) is 10.3. The third kappa shape index (κ3) is 5.12. The third-order valence-electron chi connectivity index (χ3n) is 5.39. The van der Waals surface area contributed by atoms with E-state index in [4.69, 9.17) is 15.9 Å². The summed E-state index contributed by atoms with van der Waals surface area (Å²) in [6.07, 6.45) is 1.97. The summed E-state index contributed by atoms with van der Waals surface area (Å²) in [5.41, 5.74) is 8.89. The zero-order chi connectivity index (χ0) is 22.4. The number of hydrogen-bond acceptors (Lipinski definition) is 4. The molecule has 0 spiro atoms. The van der Waals surface area contributed by atoms with Gasteiger partial charge in [-0.25, -0.2) is 0 Å². The topological polar surface area (TPSA) is 109 Å². The minimum absolute atomic E-state index is 0.00589. The normalized spacial score (nSPS) is 13.1. The number of benzene rings is 2. The van der Waals surface area contributed by atoms with Crippen molar-refractivity contribution >= 4 is 23.3 Å². The second kappa shape index (κ2) is 9.93. The van der Waals surface area contributed by atoms with Gasteiger partial charge in [-0.2, -0.15) is 0 Å². The van der Waals surface area contributed by atoms with Crippen molar-refractivity contribution in [3.8, 4) is 5.75 Å². The maximum absolute atomic E-state index is 13.3. The standard InChI is InChI=1S/C24H28N4O3/c1-3-28(18-6-4-7-19(14-18)31-2)24(30)21-9-5-8-20(21)23(29)27-15-16-10-12-17(13-11-16)22(25)26/h4,6-7,10-14H,3,5,8-9,15H2,1-2H3,(H3,25,26)(H,27,29). The number of methoxy groups -OCH3 is 1. The SMILES string of the molecule is CCN(C(=O)C1=C(C(=O)NCc2ccc(C(=N)N)cc2)CCC1)c1cccc(OC)c1. The Morgan fingerprint density at radius 2 is 1.84 bits per heavy atom. The molecule has 1 aliphatic rings.